The van der Waals surface area contributed by atoms with Crippen LogP contribution >= 0.6 is 55.8 Å². The number of rotatable bonds is 2. The van der Waals surface area contributed by atoms with Crippen molar-refractivity contribution in [2.24, 2.45) is 0 Å². The van der Waals surface area contributed by atoms with Crippen LogP contribution in [0.5, 0.6) is 0 Å². The summed E-state index contributed by atoms with van der Waals surface area (Å²) in [6.45, 7) is 0. The first kappa shape index (κ1) is 3.25. The summed E-state index contributed by atoms with van der Waals surface area (Å²) in [4.78, 5) is 0. The first-order valence-electron chi connectivity index (χ1n) is 2.92. The van der Waals surface area contributed by atoms with Crippen molar-refractivity contribution in [2.75, 3.05) is 0 Å². The number of hydrogen-bond acceptors (Lipinski definition) is 1. The molecule has 0 saturated carbocycles. The average molecular weight is 429 g/mol. The fraction of sp³-hybridized carbons (Fsp3) is 0. The third kappa shape index (κ3) is 6.01. The Morgan fingerprint density at radius 2 is 3.50 bits per heavy atom. The summed E-state index contributed by atoms with van der Waals surface area (Å²) < 4.78 is 32.0. The van der Waals surface area contributed by atoms with Gasteiger partial charge in [-0.2, -0.15) is 0 Å². The van der Waals surface area contributed by atoms with Crippen molar-refractivity contribution in [1.82, 2.24) is 1.74 Å². The molecule has 0 aliphatic carbocycles. The van der Waals surface area contributed by atoms with Gasteiger partial charge in [0.15, 0.2) is 0 Å². The second-order valence-corrected chi connectivity index (χ2v) is 14.2. The average Bonchev–Trinajstić information content (AvgIpc) is 1.85. The summed E-state index contributed by atoms with van der Waals surface area (Å²) in [7, 11) is 0. The van der Waals surface area contributed by atoms with E-state index in [0.29, 0.717) is 0 Å². The number of nitrogens with one attached hydrogen (secondary N) is 2. The van der Waals surface area contributed by atoms with Gasteiger partial charge in [-0.15, -0.1) is 0 Å². The second kappa shape index (κ2) is 3.12. The van der Waals surface area contributed by atoms with Gasteiger partial charge in [-0.1, -0.05) is 0 Å². The zero-order valence-electron chi connectivity index (χ0n) is 6.61. The van der Waals surface area contributed by atoms with E-state index in [1.807, 2.05) is 0 Å². The van der Waals surface area contributed by atoms with E-state index in [1.165, 1.54) is 0 Å². The Balaban J connectivity index is 4.59. The van der Waals surface area contributed by atoms with Crippen LogP contribution in [0.15, 0.2) is 0 Å². The van der Waals surface area contributed by atoms with E-state index in [2.05, 4.69) is 3.55 Å². The molecule has 0 spiro atoms. The maximum atomic E-state index is 7.10. The molecule has 2 N–H and O–H groups in total. The molecule has 0 saturated heterocycles. The van der Waals surface area contributed by atoms with Crippen LogP contribution in [0.2, 0.25) is 2.82 Å². The molecular weight excluding hydrogens is 420 g/mol. The van der Waals surface area contributed by atoms with Gasteiger partial charge in [0, 0.05) is 0 Å². The Morgan fingerprint density at radius 1 is 2.83 bits per heavy atom. The van der Waals surface area contributed by atoms with Gasteiger partial charge >= 0.3 is 72.2 Å². The first-order chi connectivity index (χ1) is 4.45. The van der Waals surface area contributed by atoms with Gasteiger partial charge in [0.05, 0.1) is 0 Å². The Labute approximate surface area is 71.2 Å². The van der Waals surface area contributed by atoms with Crippen molar-refractivity contribution in [1.29, 1.82) is 6.23 Å². The molecule has 1 unspecified atom stereocenters. The minimum atomic E-state index is -3.22. The van der Waals surface area contributed by atoms with Crippen molar-refractivity contribution in [3.8, 4) is 0 Å². The van der Waals surface area contributed by atoms with Gasteiger partial charge in [0.25, 0.3) is 0 Å². The third-order valence-corrected chi connectivity index (χ3v) is 10.2. The summed E-state index contributed by atoms with van der Waals surface area (Å²) in [5.74, 6) is 0. The standard InChI is InChI=1S/BH4I3N2/c1-4(2,5)6-3/h1H2,(H2,5,6)/i1TD/hD2. The fourth-order valence-electron chi connectivity index (χ4n) is 0. The van der Waals surface area contributed by atoms with E-state index in [4.69, 9.17) is 5.50 Å². The summed E-state index contributed by atoms with van der Waals surface area (Å²) in [6, 6.07) is 0. The zero-order valence-corrected chi connectivity index (χ0v) is 9.08. The van der Waals surface area contributed by atoms with E-state index in [9.17, 15) is 0 Å². The quantitative estimate of drug-likeness (QED) is 0.391. The maximum absolute atomic E-state index is 7.10. The molecule has 1 atom stereocenters. The molecule has 0 aliphatic heterocycles. The molecule has 2 nitrogen and oxygen atoms in total. The molecular formula is H4BI3N2. The Hall–Kier alpha value is 2.01. The molecule has 0 radical (unpaired) electrons. The minimum absolute atomic E-state index is 0.975. The predicted octanol–water partition coefficient (Wildman–Crippen LogP) is 1.54. The van der Waals surface area contributed by atoms with Crippen LogP contribution in [0.25, 0.3) is 0 Å². The summed E-state index contributed by atoms with van der Waals surface area (Å²) in [6.07, 6.45) is 0. The van der Waals surface area contributed by atoms with Crippen molar-refractivity contribution in [2.45, 2.75) is 0 Å². The summed E-state index contributed by atoms with van der Waals surface area (Å²) >= 11 is 0.239. The molecule has 0 aromatic heterocycles. The van der Waals surface area contributed by atoms with E-state index in [0.717, 1.165) is 1.74 Å². The van der Waals surface area contributed by atoms with E-state index < -0.39 is 20.0 Å². The van der Waals surface area contributed by atoms with Crippen LogP contribution in [0.4, 0.5) is 0 Å². The number of hydrogen-bond donors (Lipinski definition) is 2. The van der Waals surface area contributed by atoms with E-state index >= 15 is 0 Å². The van der Waals surface area contributed by atoms with Crippen LogP contribution in [0, 0.1) is 3.55 Å². The molecule has 0 aromatic carbocycles. The van der Waals surface area contributed by atoms with Gasteiger partial charge in [-0.25, -0.2) is 0 Å². The van der Waals surface area contributed by atoms with Crippen LogP contribution in [-0.4, -0.2) is 8.30 Å². The SMILES string of the molecule is [2H]N=I(I)(B([2H])[3H])N([2H])I. The third-order valence-electron chi connectivity index (χ3n) is 0.0896. The van der Waals surface area contributed by atoms with Crippen molar-refractivity contribution in [3.63, 3.8) is 0 Å². The van der Waals surface area contributed by atoms with Crippen molar-refractivity contribution in [3.05, 3.63) is 0 Å². The second-order valence-electron chi connectivity index (χ2n) is 0.545. The molecule has 0 fully saturated rings. The van der Waals surface area contributed by atoms with Crippen LogP contribution < -0.4 is 1.74 Å². The molecule has 0 rings (SSSR count). The van der Waals surface area contributed by atoms with Gasteiger partial charge < -0.3 is 0 Å². The van der Waals surface area contributed by atoms with Crippen LogP contribution in [-0.2, 0) is 0 Å². The van der Waals surface area contributed by atoms with Crippen molar-refractivity contribution >= 4 is 61.5 Å². The van der Waals surface area contributed by atoms with Gasteiger partial charge in [0.1, 0.15) is 0 Å². The molecule has 0 heterocycles. The Morgan fingerprint density at radius 3 is 3.50 bits per heavy atom. The topological polar surface area (TPSA) is 35.9 Å². The summed E-state index contributed by atoms with van der Waals surface area (Å²) in [5, 5.41) is 0. The normalized spacial score (nSPS) is 33.8. The molecule has 0 aliphatic rings. The summed E-state index contributed by atoms with van der Waals surface area (Å²) in [5.41, 5.74) is -1.15. The molecule has 38 valence electrons. The molecule has 6 heavy (non-hydrogen) atoms. The number of halogens is 3. The Kier molecular flexibility index (Phi) is 1.69. The van der Waals surface area contributed by atoms with Crippen molar-refractivity contribution < 1.29 is 2.82 Å². The van der Waals surface area contributed by atoms with Gasteiger partial charge in [-0.05, 0) is 0 Å². The van der Waals surface area contributed by atoms with Gasteiger partial charge in [-0.3, -0.25) is 0 Å². The van der Waals surface area contributed by atoms with Crippen LogP contribution in [0.1, 0.15) is 0 Å². The first-order valence-corrected chi connectivity index (χ1v) is 11.3. The van der Waals surface area contributed by atoms with Gasteiger partial charge in [0.2, 0.25) is 0 Å². The predicted molar refractivity (Wildman–Crippen MR) is 56.5 cm³/mol. The fourth-order valence-corrected chi connectivity index (χ4v) is 0. The van der Waals surface area contributed by atoms with E-state index in [1.54, 1.807) is 41.5 Å². The van der Waals surface area contributed by atoms with Crippen LogP contribution in [0.3, 0.4) is 0 Å². The molecule has 0 amide bonds. The molecule has 0 aromatic rings. The zero-order chi connectivity index (χ0) is 8.36. The monoisotopic (exact) mass is 429 g/mol. The Bertz CT molecular complexity index is 145. The molecule has 0 bridgehead atoms. The van der Waals surface area contributed by atoms with E-state index in [-0.39, 0.29) is 0 Å². The molecule has 6 heteroatoms.